The summed E-state index contributed by atoms with van der Waals surface area (Å²) >= 11 is 0. The molecule has 0 heterocycles. The number of hydrogen-bond acceptors (Lipinski definition) is 1. The van der Waals surface area contributed by atoms with Gasteiger partial charge in [-0.1, -0.05) is 51.1 Å². The molecule has 1 amide bonds. The van der Waals surface area contributed by atoms with Crippen LogP contribution >= 0.6 is 0 Å². The summed E-state index contributed by atoms with van der Waals surface area (Å²) in [7, 11) is 0. The molecule has 2 aliphatic rings. The first kappa shape index (κ1) is 14.4. The van der Waals surface area contributed by atoms with E-state index in [9.17, 15) is 4.79 Å². The van der Waals surface area contributed by atoms with Crippen molar-refractivity contribution in [1.29, 1.82) is 0 Å². The van der Waals surface area contributed by atoms with Gasteiger partial charge in [-0.05, 0) is 47.6 Å². The molecule has 1 N–H and O–H groups in total. The van der Waals surface area contributed by atoms with Crippen LogP contribution in [0.1, 0.15) is 45.6 Å². The van der Waals surface area contributed by atoms with Gasteiger partial charge in [0.1, 0.15) is 0 Å². The molecular weight excluding hydrogens is 258 g/mol. The lowest BCUT2D eigenvalue weighted by molar-refractivity contribution is -0.118. The van der Waals surface area contributed by atoms with Crippen molar-refractivity contribution in [3.05, 3.63) is 42.0 Å². The molecule has 3 atom stereocenters. The van der Waals surface area contributed by atoms with Crippen molar-refractivity contribution >= 4 is 12.0 Å². The highest BCUT2D eigenvalue weighted by molar-refractivity contribution is 5.92. The molecule has 3 rings (SSSR count). The molecule has 2 fully saturated rings. The van der Waals surface area contributed by atoms with Gasteiger partial charge < -0.3 is 5.32 Å². The van der Waals surface area contributed by atoms with Crippen molar-refractivity contribution in [1.82, 2.24) is 5.32 Å². The number of fused-ring (bicyclic) bond motifs is 2. The Balaban J connectivity index is 1.66. The Morgan fingerprint density at radius 1 is 1.24 bits per heavy atom. The largest absolute Gasteiger partial charge is 0.349 e. The highest BCUT2D eigenvalue weighted by Crippen LogP contribution is 2.65. The van der Waals surface area contributed by atoms with E-state index in [0.29, 0.717) is 11.5 Å². The molecule has 2 bridgehead atoms. The van der Waals surface area contributed by atoms with Gasteiger partial charge >= 0.3 is 0 Å². The number of carbonyl (C=O) groups is 1. The van der Waals surface area contributed by atoms with Crippen molar-refractivity contribution in [2.24, 2.45) is 16.7 Å². The lowest BCUT2D eigenvalue weighted by Gasteiger charge is -2.39. The second-order valence-corrected chi connectivity index (χ2v) is 7.42. The van der Waals surface area contributed by atoms with Crippen LogP contribution in [-0.2, 0) is 4.79 Å². The maximum atomic E-state index is 12.2. The van der Waals surface area contributed by atoms with E-state index in [1.54, 1.807) is 6.08 Å². The summed E-state index contributed by atoms with van der Waals surface area (Å²) in [4.78, 5) is 12.2. The predicted octanol–water partition coefficient (Wildman–Crippen LogP) is 4.03. The smallest absolute Gasteiger partial charge is 0.244 e. The van der Waals surface area contributed by atoms with Crippen LogP contribution in [0, 0.1) is 16.7 Å². The lowest BCUT2D eigenvalue weighted by atomic mass is 9.69. The normalized spacial score (nSPS) is 33.5. The number of amides is 1. The first-order valence-corrected chi connectivity index (χ1v) is 7.97. The van der Waals surface area contributed by atoms with Crippen molar-refractivity contribution in [3.63, 3.8) is 0 Å². The predicted molar refractivity (Wildman–Crippen MR) is 86.6 cm³/mol. The summed E-state index contributed by atoms with van der Waals surface area (Å²) in [6.07, 6.45) is 7.23. The molecule has 2 aliphatic carbocycles. The minimum atomic E-state index is 0.0356. The Morgan fingerprint density at radius 2 is 1.95 bits per heavy atom. The average molecular weight is 283 g/mol. The maximum absolute atomic E-state index is 12.2. The molecule has 0 saturated heterocycles. The van der Waals surface area contributed by atoms with Crippen LogP contribution in [-0.4, -0.2) is 11.9 Å². The molecule has 2 heteroatoms. The summed E-state index contributed by atoms with van der Waals surface area (Å²) in [6, 6.07) is 10.3. The van der Waals surface area contributed by atoms with Gasteiger partial charge in [0.2, 0.25) is 5.91 Å². The summed E-state index contributed by atoms with van der Waals surface area (Å²) < 4.78 is 0. The van der Waals surface area contributed by atoms with Gasteiger partial charge in [0.05, 0.1) is 0 Å². The first-order valence-electron chi connectivity index (χ1n) is 7.97. The van der Waals surface area contributed by atoms with Crippen molar-refractivity contribution in [3.8, 4) is 0 Å². The summed E-state index contributed by atoms with van der Waals surface area (Å²) in [5.74, 6) is 0.791. The van der Waals surface area contributed by atoms with E-state index >= 15 is 0 Å². The Labute approximate surface area is 127 Å². The van der Waals surface area contributed by atoms with Gasteiger partial charge in [-0.25, -0.2) is 0 Å². The highest BCUT2D eigenvalue weighted by Gasteiger charge is 2.61. The average Bonchev–Trinajstić information content (AvgIpc) is 2.79. The van der Waals surface area contributed by atoms with Gasteiger partial charge in [0.15, 0.2) is 0 Å². The van der Waals surface area contributed by atoms with Crippen LogP contribution in [0.4, 0.5) is 0 Å². The van der Waals surface area contributed by atoms with Gasteiger partial charge in [-0.15, -0.1) is 0 Å². The van der Waals surface area contributed by atoms with Crippen LogP contribution in [0.15, 0.2) is 36.4 Å². The molecule has 0 aromatic heterocycles. The van der Waals surface area contributed by atoms with E-state index in [-0.39, 0.29) is 11.3 Å². The third kappa shape index (κ3) is 2.31. The monoisotopic (exact) mass is 283 g/mol. The third-order valence-electron chi connectivity index (χ3n) is 6.34. The van der Waals surface area contributed by atoms with Crippen molar-refractivity contribution in [2.45, 2.75) is 46.1 Å². The molecule has 0 radical (unpaired) electrons. The fraction of sp³-hybridized carbons (Fsp3) is 0.526. The van der Waals surface area contributed by atoms with Crippen molar-refractivity contribution < 1.29 is 4.79 Å². The fourth-order valence-electron chi connectivity index (χ4n) is 4.38. The first-order chi connectivity index (χ1) is 9.93. The molecular formula is C19H25NO. The summed E-state index contributed by atoms with van der Waals surface area (Å²) in [6.45, 7) is 7.10. The SMILES string of the molecule is CC1(C)[C@H]2CC[C@@]1(C)[C@H](NC(=O)/C=C/c1ccccc1)C2. The minimum Gasteiger partial charge on any atom is -0.349 e. The van der Waals surface area contributed by atoms with Crippen LogP contribution < -0.4 is 5.32 Å². The molecule has 112 valence electrons. The molecule has 21 heavy (non-hydrogen) atoms. The fourth-order valence-corrected chi connectivity index (χ4v) is 4.38. The van der Waals surface area contributed by atoms with Crippen molar-refractivity contribution in [2.75, 3.05) is 0 Å². The van der Waals surface area contributed by atoms with E-state index in [4.69, 9.17) is 0 Å². The topological polar surface area (TPSA) is 29.1 Å². The van der Waals surface area contributed by atoms with E-state index in [2.05, 4.69) is 26.1 Å². The minimum absolute atomic E-state index is 0.0356. The standard InChI is InChI=1S/C19H25NO/c1-18(2)15-11-12-19(18,3)16(13-15)20-17(21)10-9-14-7-5-4-6-8-14/h4-10,15-16H,11-13H2,1-3H3,(H,20,21)/b10-9+/t15-,16+,19-/m0/s1. The van der Waals surface area contributed by atoms with E-state index in [1.165, 1.54) is 12.8 Å². The van der Waals surface area contributed by atoms with Gasteiger partial charge in [0, 0.05) is 12.1 Å². The molecule has 0 spiro atoms. The lowest BCUT2D eigenvalue weighted by Crippen LogP contribution is -2.46. The van der Waals surface area contributed by atoms with Crippen LogP contribution in [0.5, 0.6) is 0 Å². The number of carbonyl (C=O) groups excluding carboxylic acids is 1. The van der Waals surface area contributed by atoms with Gasteiger partial charge in [-0.2, -0.15) is 0 Å². The zero-order chi connectivity index (χ0) is 15.1. The second-order valence-electron chi connectivity index (χ2n) is 7.42. The molecule has 1 aromatic rings. The van der Waals surface area contributed by atoms with Gasteiger partial charge in [0.25, 0.3) is 0 Å². The Morgan fingerprint density at radius 3 is 2.52 bits per heavy atom. The third-order valence-corrected chi connectivity index (χ3v) is 6.34. The second kappa shape index (κ2) is 5.01. The summed E-state index contributed by atoms with van der Waals surface area (Å²) in [5, 5.41) is 3.25. The molecule has 2 saturated carbocycles. The Hall–Kier alpha value is -1.57. The number of hydrogen-bond donors (Lipinski definition) is 1. The molecule has 1 aromatic carbocycles. The molecule has 0 aliphatic heterocycles. The van der Waals surface area contributed by atoms with Crippen LogP contribution in [0.2, 0.25) is 0 Å². The zero-order valence-corrected chi connectivity index (χ0v) is 13.2. The molecule has 0 unspecified atom stereocenters. The number of nitrogens with one attached hydrogen (secondary N) is 1. The zero-order valence-electron chi connectivity index (χ0n) is 13.2. The van der Waals surface area contributed by atoms with E-state index in [1.807, 2.05) is 36.4 Å². The molecule has 2 nitrogen and oxygen atoms in total. The maximum Gasteiger partial charge on any atom is 0.244 e. The number of benzene rings is 1. The number of rotatable bonds is 3. The Kier molecular flexibility index (Phi) is 3.43. The summed E-state index contributed by atoms with van der Waals surface area (Å²) in [5.41, 5.74) is 1.65. The van der Waals surface area contributed by atoms with Crippen LogP contribution in [0.25, 0.3) is 6.08 Å². The highest BCUT2D eigenvalue weighted by atomic mass is 16.1. The van der Waals surface area contributed by atoms with E-state index in [0.717, 1.165) is 17.9 Å². The van der Waals surface area contributed by atoms with Crippen LogP contribution in [0.3, 0.4) is 0 Å². The van der Waals surface area contributed by atoms with E-state index < -0.39 is 0 Å². The quantitative estimate of drug-likeness (QED) is 0.834. The van der Waals surface area contributed by atoms with Gasteiger partial charge in [-0.3, -0.25) is 4.79 Å². The Bertz CT molecular complexity index is 560.